The molecule has 0 amide bonds. The first kappa shape index (κ1) is 83.7. The van der Waals surface area contributed by atoms with E-state index in [1.165, 1.54) is 330 Å². The van der Waals surface area contributed by atoms with E-state index in [1.807, 2.05) is 0 Å². The molecule has 0 aliphatic carbocycles. The molecule has 0 aromatic heterocycles. The first-order chi connectivity index (χ1) is 42.3. The Balaban J connectivity index is 0.00000507. The maximum Gasteiger partial charge on any atom is 0.334 e. The predicted octanol–water partition coefficient (Wildman–Crippen LogP) is 26.7. The zero-order valence-corrected chi connectivity index (χ0v) is 60.7. The van der Waals surface area contributed by atoms with Crippen LogP contribution in [-0.4, -0.2) is 29.8 Å². The number of unbranched alkanes of at least 4 members (excludes halogenated alkanes) is 42. The lowest BCUT2D eigenvalue weighted by atomic mass is 9.61. The number of phenols is 2. The van der Waals surface area contributed by atoms with E-state index in [9.17, 15) is 10.2 Å². The van der Waals surface area contributed by atoms with Crippen molar-refractivity contribution in [1.29, 1.82) is 0 Å². The van der Waals surface area contributed by atoms with E-state index in [4.69, 9.17) is 19.6 Å². The summed E-state index contributed by atoms with van der Waals surface area (Å²) in [5.41, 5.74) is 7.94. The number of rotatable bonds is 61. The Morgan fingerprint density at radius 1 is 0.287 bits per heavy atom. The van der Waals surface area contributed by atoms with Crippen LogP contribution in [0.3, 0.4) is 0 Å². The molecule has 0 radical (unpaired) electrons. The number of benzene rings is 2. The maximum atomic E-state index is 11.7. The van der Waals surface area contributed by atoms with Crippen LogP contribution in [0.1, 0.15) is 422 Å². The van der Waals surface area contributed by atoms with Gasteiger partial charge < -0.3 is 29.8 Å². The SMILES string of the molecule is CCCCCCCCCCCCCC(CCCCCCCCCCCCC)(CCCCCCCCCCCCC)CCC(CCCCCCCCCCCCC)(c1cc(CCCC)c(O)cc1C)c1cc(CCCC)c(O)cc1C.OP(O)OP(O)O. The lowest BCUT2D eigenvalue weighted by molar-refractivity contribution is 0.158. The van der Waals surface area contributed by atoms with Crippen molar-refractivity contribution in [2.45, 2.75) is 420 Å². The van der Waals surface area contributed by atoms with Gasteiger partial charge >= 0.3 is 17.2 Å². The largest absolute Gasteiger partial charge is 0.508 e. The summed E-state index contributed by atoms with van der Waals surface area (Å²) in [7, 11) is -5.22. The summed E-state index contributed by atoms with van der Waals surface area (Å²) < 4.78 is 3.60. The predicted molar refractivity (Wildman–Crippen MR) is 383 cm³/mol. The van der Waals surface area contributed by atoms with Crippen LogP contribution in [0.4, 0.5) is 0 Å². The minimum Gasteiger partial charge on any atom is -0.508 e. The molecule has 0 atom stereocenters. The highest BCUT2D eigenvalue weighted by Crippen LogP contribution is 2.52. The molecule has 2 aromatic carbocycles. The third-order valence-corrected chi connectivity index (χ3v) is 21.0. The smallest absolute Gasteiger partial charge is 0.334 e. The number of hydrogen-bond acceptors (Lipinski definition) is 7. The Morgan fingerprint density at radius 3 is 0.747 bits per heavy atom. The lowest BCUT2D eigenvalue weighted by Gasteiger charge is -2.43. The molecule has 0 aliphatic rings. The van der Waals surface area contributed by atoms with Crippen molar-refractivity contribution < 1.29 is 34.1 Å². The van der Waals surface area contributed by atoms with Gasteiger partial charge in [-0.2, -0.15) is 0 Å². The molecule has 0 unspecified atom stereocenters. The van der Waals surface area contributed by atoms with Gasteiger partial charge in [0, 0.05) is 5.41 Å². The van der Waals surface area contributed by atoms with Crippen LogP contribution in [0.5, 0.6) is 11.5 Å². The van der Waals surface area contributed by atoms with Crippen molar-refractivity contribution in [3.63, 3.8) is 0 Å². The van der Waals surface area contributed by atoms with Gasteiger partial charge in [-0.05, 0) is 129 Å². The summed E-state index contributed by atoms with van der Waals surface area (Å²) in [6.45, 7) is 18.6. The highest BCUT2D eigenvalue weighted by Gasteiger charge is 2.41. The number of aromatic hydroxyl groups is 2. The molecule has 2 aromatic rings. The van der Waals surface area contributed by atoms with Crippen molar-refractivity contribution >= 4 is 17.2 Å². The second-order valence-electron chi connectivity index (χ2n) is 27.6. The van der Waals surface area contributed by atoms with Gasteiger partial charge in [-0.25, -0.2) is 4.31 Å². The molecule has 87 heavy (non-hydrogen) atoms. The Labute approximate surface area is 543 Å². The van der Waals surface area contributed by atoms with E-state index in [0.29, 0.717) is 16.9 Å². The zero-order chi connectivity index (χ0) is 63.9. The Kier molecular flexibility index (Phi) is 55.2. The molecule has 6 N–H and O–H groups in total. The van der Waals surface area contributed by atoms with Gasteiger partial charge in [0.1, 0.15) is 11.5 Å². The van der Waals surface area contributed by atoms with Crippen molar-refractivity contribution in [3.05, 3.63) is 57.6 Å². The van der Waals surface area contributed by atoms with E-state index < -0.39 is 17.2 Å². The van der Waals surface area contributed by atoms with E-state index >= 15 is 0 Å². The second kappa shape index (κ2) is 57.4. The summed E-state index contributed by atoms with van der Waals surface area (Å²) >= 11 is 0. The molecule has 510 valence electrons. The second-order valence-corrected chi connectivity index (χ2v) is 29.3. The quantitative estimate of drug-likeness (QED) is 0.0287. The summed E-state index contributed by atoms with van der Waals surface area (Å²) in [6, 6.07) is 9.38. The standard InChI is InChI=1S/C78H142O2.H4O5P2/c1-9-15-21-25-29-33-37-41-45-49-53-59-77(60-54-50-46-42-38-34-30-26-22-16-10-2,61-55-51-47-43-39-35-31-27-23-17-11-3)63-64-78(62-56-52-48-44-40-36-32-28-24-18-12-4,73-67-71(57-19-13-5)75(79)65-69(73)7)74-68-72(58-20-14-6)76(80)66-70(74)8;1-6(2)5-7(3)4/h65-68,79-80H,9-64H2,1-8H3;1-4H. The number of hydrogen-bond donors (Lipinski definition) is 6. The molecule has 0 bridgehead atoms. The fourth-order valence-electron chi connectivity index (χ4n) is 14.3. The Morgan fingerprint density at radius 2 is 0.517 bits per heavy atom. The van der Waals surface area contributed by atoms with Crippen molar-refractivity contribution in [2.24, 2.45) is 5.41 Å². The van der Waals surface area contributed by atoms with Crippen LogP contribution in [-0.2, 0) is 22.6 Å². The summed E-state index contributed by atoms with van der Waals surface area (Å²) in [6.07, 6.45) is 75.5. The third-order valence-electron chi connectivity index (χ3n) is 19.8. The van der Waals surface area contributed by atoms with E-state index in [0.717, 1.165) is 62.5 Å². The molecule has 9 heteroatoms. The molecule has 0 fully saturated rings. The molecule has 0 heterocycles. The molecular formula is C78H146O7P2. The molecule has 2 rings (SSSR count). The molecule has 0 spiro atoms. The molecule has 0 saturated heterocycles. The monoisotopic (exact) mass is 1260 g/mol. The van der Waals surface area contributed by atoms with Crippen molar-refractivity contribution in [3.8, 4) is 11.5 Å². The molecular weight excluding hydrogens is 1110 g/mol. The summed E-state index contributed by atoms with van der Waals surface area (Å²) in [5, 5.41) is 23.4. The average Bonchev–Trinajstić information content (AvgIpc) is 0.833. The van der Waals surface area contributed by atoms with Crippen molar-refractivity contribution in [2.75, 3.05) is 0 Å². The summed E-state index contributed by atoms with van der Waals surface area (Å²) in [4.78, 5) is 31.3. The molecule has 0 saturated carbocycles. The highest BCUT2D eigenvalue weighted by atomic mass is 31.2. The first-order valence-corrected chi connectivity index (χ1v) is 40.3. The van der Waals surface area contributed by atoms with Crippen molar-refractivity contribution in [1.82, 2.24) is 0 Å². The number of aryl methyl sites for hydroxylation is 4. The average molecular weight is 1260 g/mol. The van der Waals surface area contributed by atoms with Gasteiger partial charge in [0.25, 0.3) is 0 Å². The van der Waals surface area contributed by atoms with Gasteiger partial charge in [0.2, 0.25) is 0 Å². The first-order valence-electron chi connectivity index (χ1n) is 38.0. The zero-order valence-electron chi connectivity index (χ0n) is 58.9. The van der Waals surface area contributed by atoms with Crippen LogP contribution in [0.25, 0.3) is 0 Å². The maximum absolute atomic E-state index is 11.7. The number of phenolic OH excluding ortho intramolecular Hbond substituents is 2. The van der Waals surface area contributed by atoms with Crippen LogP contribution in [0.2, 0.25) is 0 Å². The van der Waals surface area contributed by atoms with Gasteiger partial charge in [-0.1, -0.05) is 349 Å². The minimum atomic E-state index is -2.61. The minimum absolute atomic E-state index is 0.187. The molecule has 0 aliphatic heterocycles. The Bertz CT molecular complexity index is 1700. The fourth-order valence-corrected chi connectivity index (χ4v) is 14.8. The van der Waals surface area contributed by atoms with Crippen LogP contribution in [0.15, 0.2) is 24.3 Å². The third kappa shape index (κ3) is 41.8. The van der Waals surface area contributed by atoms with E-state index in [2.05, 4.69) is 84.0 Å². The normalized spacial score (nSPS) is 12.1. The van der Waals surface area contributed by atoms with Gasteiger partial charge in [0.15, 0.2) is 0 Å². The Hall–Kier alpha value is -1.30. The van der Waals surface area contributed by atoms with Crippen LogP contribution < -0.4 is 0 Å². The van der Waals surface area contributed by atoms with Gasteiger partial charge in [0.05, 0.1) is 0 Å². The van der Waals surface area contributed by atoms with Crippen LogP contribution >= 0.6 is 17.2 Å². The molecule has 7 nitrogen and oxygen atoms in total. The summed E-state index contributed by atoms with van der Waals surface area (Å²) in [5.74, 6) is 0.987. The van der Waals surface area contributed by atoms with E-state index in [1.54, 1.807) is 0 Å². The fraction of sp³-hybridized carbons (Fsp3) is 0.846. The topological polar surface area (TPSA) is 131 Å². The highest BCUT2D eigenvalue weighted by molar-refractivity contribution is 7.53. The van der Waals surface area contributed by atoms with Gasteiger partial charge in [-0.3, -0.25) is 0 Å². The van der Waals surface area contributed by atoms with Crippen LogP contribution in [0, 0.1) is 19.3 Å². The van der Waals surface area contributed by atoms with E-state index in [-0.39, 0.29) is 5.41 Å². The lowest BCUT2D eigenvalue weighted by Crippen LogP contribution is -2.34. The van der Waals surface area contributed by atoms with Gasteiger partial charge in [-0.15, -0.1) is 0 Å².